The third kappa shape index (κ3) is 1.15. The predicted molar refractivity (Wildman–Crippen MR) is 36.2 cm³/mol. The maximum absolute atomic E-state index is 3.85. The van der Waals surface area contributed by atoms with Crippen LogP contribution < -0.4 is 0 Å². The van der Waals surface area contributed by atoms with E-state index in [-0.39, 0.29) is 0 Å². The lowest BCUT2D eigenvalue weighted by atomic mass is 10.9. The molecule has 0 radical (unpaired) electrons. The zero-order valence-corrected chi connectivity index (χ0v) is 5.87. The second-order valence-electron chi connectivity index (χ2n) is 1.20. The van der Waals surface area contributed by atoms with Gasteiger partial charge in [0.2, 0.25) is 0 Å². The van der Waals surface area contributed by atoms with E-state index in [4.69, 9.17) is 0 Å². The molecular formula is C4H5IN2. The number of hydrogen-bond donors (Lipinski definition) is 0. The molecule has 0 aliphatic heterocycles. The Morgan fingerprint density at radius 3 is 2.86 bits per heavy atom. The first kappa shape index (κ1) is 5.08. The summed E-state index contributed by atoms with van der Waals surface area (Å²) in [6.45, 7) is 0. The van der Waals surface area contributed by atoms with Crippen molar-refractivity contribution in [2.75, 3.05) is 0 Å². The lowest BCUT2D eigenvalue weighted by Crippen LogP contribution is -1.82. The number of halogens is 1. The number of rotatable bonds is 1. The van der Waals surface area contributed by atoms with Crippen molar-refractivity contribution < 1.29 is 0 Å². The third-order valence-corrected chi connectivity index (χ3v) is 1.49. The van der Waals surface area contributed by atoms with Crippen molar-refractivity contribution >= 4 is 22.6 Å². The minimum Gasteiger partial charge on any atom is -0.328 e. The first-order chi connectivity index (χ1) is 3.43. The van der Waals surface area contributed by atoms with E-state index < -0.39 is 0 Å². The molecule has 1 aromatic rings. The van der Waals surface area contributed by atoms with E-state index in [1.807, 2.05) is 10.8 Å². The summed E-state index contributed by atoms with van der Waals surface area (Å²) in [5.74, 6) is 0. The number of imidazole rings is 1. The van der Waals surface area contributed by atoms with Gasteiger partial charge in [0, 0.05) is 12.4 Å². The van der Waals surface area contributed by atoms with Crippen LogP contribution in [0.5, 0.6) is 0 Å². The Labute approximate surface area is 55.7 Å². The van der Waals surface area contributed by atoms with Crippen LogP contribution in [-0.2, 0) is 4.55 Å². The summed E-state index contributed by atoms with van der Waals surface area (Å²) in [5, 5.41) is 0. The monoisotopic (exact) mass is 208 g/mol. The zero-order valence-electron chi connectivity index (χ0n) is 3.71. The molecule has 0 bridgehead atoms. The van der Waals surface area contributed by atoms with Gasteiger partial charge in [-0.2, -0.15) is 0 Å². The van der Waals surface area contributed by atoms with Crippen molar-refractivity contribution in [2.45, 2.75) is 4.55 Å². The number of hydrogen-bond acceptors (Lipinski definition) is 1. The molecule has 0 unspecified atom stereocenters. The van der Waals surface area contributed by atoms with Crippen molar-refractivity contribution in [1.82, 2.24) is 9.55 Å². The Morgan fingerprint density at radius 1 is 1.71 bits per heavy atom. The van der Waals surface area contributed by atoms with Crippen LogP contribution in [0.3, 0.4) is 0 Å². The van der Waals surface area contributed by atoms with Gasteiger partial charge in [-0.3, -0.25) is 0 Å². The molecule has 0 aromatic carbocycles. The highest BCUT2D eigenvalue weighted by Crippen LogP contribution is 1.90. The molecule has 0 saturated carbocycles. The quantitative estimate of drug-likeness (QED) is 0.502. The molecule has 0 atom stereocenters. The molecule has 1 heterocycles. The fraction of sp³-hybridized carbons (Fsp3) is 0.250. The lowest BCUT2D eigenvalue weighted by Gasteiger charge is -1.86. The van der Waals surface area contributed by atoms with Crippen LogP contribution >= 0.6 is 22.6 Å². The standard InChI is InChI=1S/C4H5IN2/c5-3-7-2-1-6-4-7/h1-2,4H,3H2. The van der Waals surface area contributed by atoms with Crippen LogP contribution in [0, 0.1) is 0 Å². The number of aromatic nitrogens is 2. The highest BCUT2D eigenvalue weighted by atomic mass is 127. The van der Waals surface area contributed by atoms with Crippen molar-refractivity contribution in [3.05, 3.63) is 18.7 Å². The van der Waals surface area contributed by atoms with Crippen molar-refractivity contribution in [2.24, 2.45) is 0 Å². The van der Waals surface area contributed by atoms with Gasteiger partial charge in [-0.05, 0) is 0 Å². The van der Waals surface area contributed by atoms with Gasteiger partial charge in [-0.25, -0.2) is 4.98 Å². The first-order valence-electron chi connectivity index (χ1n) is 1.95. The van der Waals surface area contributed by atoms with Crippen LogP contribution in [0.4, 0.5) is 0 Å². The normalized spacial score (nSPS) is 9.29. The van der Waals surface area contributed by atoms with Crippen molar-refractivity contribution in [3.63, 3.8) is 0 Å². The summed E-state index contributed by atoms with van der Waals surface area (Å²) < 4.78 is 2.98. The van der Waals surface area contributed by atoms with Crippen LogP contribution in [-0.4, -0.2) is 9.55 Å². The molecule has 0 aliphatic carbocycles. The SMILES string of the molecule is ICn1ccnc1. The summed E-state index contributed by atoms with van der Waals surface area (Å²) in [4.78, 5) is 3.85. The predicted octanol–water partition coefficient (Wildman–Crippen LogP) is 1.28. The molecule has 0 saturated heterocycles. The van der Waals surface area contributed by atoms with E-state index in [0.29, 0.717) is 0 Å². The lowest BCUT2D eigenvalue weighted by molar-refractivity contribution is 0.913. The van der Waals surface area contributed by atoms with Crippen LogP contribution in [0.2, 0.25) is 0 Å². The van der Waals surface area contributed by atoms with E-state index in [2.05, 4.69) is 27.6 Å². The van der Waals surface area contributed by atoms with E-state index in [0.717, 1.165) is 4.55 Å². The van der Waals surface area contributed by atoms with Gasteiger partial charge >= 0.3 is 0 Å². The Balaban J connectivity index is 2.76. The second kappa shape index (κ2) is 2.30. The Hall–Kier alpha value is -0.0600. The second-order valence-corrected chi connectivity index (χ2v) is 1.88. The molecule has 0 N–H and O–H groups in total. The Morgan fingerprint density at radius 2 is 2.57 bits per heavy atom. The Bertz CT molecular complexity index is 124. The minimum absolute atomic E-state index is 0.984. The van der Waals surface area contributed by atoms with Crippen molar-refractivity contribution in [1.29, 1.82) is 0 Å². The topological polar surface area (TPSA) is 17.8 Å². The average Bonchev–Trinajstić information content (AvgIpc) is 2.14. The van der Waals surface area contributed by atoms with Gasteiger partial charge in [0.15, 0.2) is 0 Å². The maximum Gasteiger partial charge on any atom is 0.0953 e. The van der Waals surface area contributed by atoms with E-state index in [1.54, 1.807) is 12.5 Å². The van der Waals surface area contributed by atoms with E-state index in [1.165, 1.54) is 0 Å². The molecular weight excluding hydrogens is 203 g/mol. The van der Waals surface area contributed by atoms with E-state index in [9.17, 15) is 0 Å². The molecule has 0 aliphatic rings. The van der Waals surface area contributed by atoms with Crippen molar-refractivity contribution in [3.8, 4) is 0 Å². The summed E-state index contributed by atoms with van der Waals surface area (Å²) in [7, 11) is 0. The van der Waals surface area contributed by atoms with Gasteiger partial charge < -0.3 is 4.57 Å². The molecule has 0 amide bonds. The number of nitrogens with zero attached hydrogens (tertiary/aromatic N) is 2. The summed E-state index contributed by atoms with van der Waals surface area (Å²) in [6, 6.07) is 0. The fourth-order valence-electron chi connectivity index (χ4n) is 0.357. The van der Waals surface area contributed by atoms with Gasteiger partial charge in [-0.15, -0.1) is 0 Å². The van der Waals surface area contributed by atoms with Gasteiger partial charge in [0.05, 0.1) is 10.9 Å². The molecule has 1 rings (SSSR count). The third-order valence-electron chi connectivity index (χ3n) is 0.697. The molecule has 7 heavy (non-hydrogen) atoms. The molecule has 3 heteroatoms. The summed E-state index contributed by atoms with van der Waals surface area (Å²) in [6.07, 6.45) is 5.51. The van der Waals surface area contributed by atoms with Crippen LogP contribution in [0.1, 0.15) is 0 Å². The van der Waals surface area contributed by atoms with Gasteiger partial charge in [-0.1, -0.05) is 22.6 Å². The average molecular weight is 208 g/mol. The molecule has 2 nitrogen and oxygen atoms in total. The molecule has 38 valence electrons. The highest BCUT2D eigenvalue weighted by molar-refractivity contribution is 14.1. The smallest absolute Gasteiger partial charge is 0.0953 e. The molecule has 1 aromatic heterocycles. The van der Waals surface area contributed by atoms with Crippen LogP contribution in [0.15, 0.2) is 18.7 Å². The van der Waals surface area contributed by atoms with Gasteiger partial charge in [0.25, 0.3) is 0 Å². The maximum atomic E-state index is 3.85. The zero-order chi connectivity index (χ0) is 5.11. The number of alkyl halides is 1. The minimum atomic E-state index is 0.984. The van der Waals surface area contributed by atoms with Gasteiger partial charge in [0.1, 0.15) is 0 Å². The fourth-order valence-corrected chi connectivity index (χ4v) is 0.761. The summed E-state index contributed by atoms with van der Waals surface area (Å²) >= 11 is 2.27. The Kier molecular flexibility index (Phi) is 1.67. The van der Waals surface area contributed by atoms with Crippen LogP contribution in [0.25, 0.3) is 0 Å². The van der Waals surface area contributed by atoms with E-state index >= 15 is 0 Å². The highest BCUT2D eigenvalue weighted by Gasteiger charge is 1.78. The largest absolute Gasteiger partial charge is 0.328 e. The molecule has 0 spiro atoms. The first-order valence-corrected chi connectivity index (χ1v) is 3.48. The summed E-state index contributed by atoms with van der Waals surface area (Å²) in [5.41, 5.74) is 0. The molecule has 0 fully saturated rings.